The average molecular weight is 714 g/mol. The standard InChI is InChI=1S/C35H36O16/c1-13-26(40)28(42)30(44)34(47-13)46-12-24-27(41)29(43)31(45)35(50-24)51-33-18-11-21(14-2-5-16(36)6-3-14)48-22-9-17(37)10-23(25(18)22)49-32(33)15-4-7-19(38)20(39)8-15/h2-11,13,21,24,26-31,34-45H,12H2,1H3/p+1/t13-,21?,24-,26-,27-,28+,29+,30+,31-,34+,35+/m1/s1. The lowest BCUT2D eigenvalue weighted by Crippen LogP contribution is -2.61. The molecule has 2 fully saturated rings. The molecule has 4 aliphatic rings. The van der Waals surface area contributed by atoms with Crippen molar-refractivity contribution in [2.75, 3.05) is 6.61 Å². The van der Waals surface area contributed by atoms with Gasteiger partial charge in [0.2, 0.25) is 5.76 Å². The van der Waals surface area contributed by atoms with Crippen molar-refractivity contribution in [2.24, 2.45) is 0 Å². The van der Waals surface area contributed by atoms with Crippen molar-refractivity contribution in [1.29, 1.82) is 0 Å². The van der Waals surface area contributed by atoms with Crippen LogP contribution < -0.4 is 9.47 Å². The molecule has 3 aromatic rings. The predicted molar refractivity (Wildman–Crippen MR) is 172 cm³/mol. The van der Waals surface area contributed by atoms with E-state index in [9.17, 15) is 51.1 Å². The summed E-state index contributed by atoms with van der Waals surface area (Å²) < 4.78 is 34.2. The number of phenols is 4. The minimum Gasteiger partial charge on any atom is -0.555 e. The van der Waals surface area contributed by atoms with E-state index >= 15 is 0 Å². The number of ether oxygens (including phenoxy) is 6. The molecule has 0 radical (unpaired) electrons. The van der Waals surface area contributed by atoms with Crippen LogP contribution in [0, 0.1) is 0 Å². The van der Waals surface area contributed by atoms with E-state index in [1.807, 2.05) is 0 Å². The Morgan fingerprint density at radius 1 is 0.706 bits per heavy atom. The maximum absolute atomic E-state index is 11.1. The summed E-state index contributed by atoms with van der Waals surface area (Å²) in [5, 5.41) is 104. The average Bonchev–Trinajstić information content (AvgIpc) is 3.11. The summed E-state index contributed by atoms with van der Waals surface area (Å²) in [4.78, 5) is 0. The summed E-state index contributed by atoms with van der Waals surface area (Å²) >= 11 is 0. The Labute approximate surface area is 289 Å². The fourth-order valence-corrected chi connectivity index (χ4v) is 6.36. The zero-order valence-electron chi connectivity index (χ0n) is 26.8. The van der Waals surface area contributed by atoms with E-state index in [0.29, 0.717) is 16.7 Å². The molecule has 51 heavy (non-hydrogen) atoms. The normalized spacial score (nSPS) is 33.1. The zero-order chi connectivity index (χ0) is 36.3. The molecular weight excluding hydrogens is 676 g/mol. The van der Waals surface area contributed by atoms with Gasteiger partial charge in [-0.2, -0.15) is 0 Å². The van der Waals surface area contributed by atoms with Crippen LogP contribution >= 0.6 is 0 Å². The molecule has 16 nitrogen and oxygen atoms in total. The number of allylic oxidation sites excluding steroid dienone is 1. The SMILES string of the molecule is C[C@H]1O[C@H](OC[C@H]2O[C@@H]([OH+]C3=C(c4ccc(O)c(O)c4)Oc4cc(O)cc5c4C3=CC(c3ccc(O)cc3)O5)[C@H](O)[C@@H](O)[C@@H]2O)[C@@H](O)[C@@H](O)[C@@H]1O. The summed E-state index contributed by atoms with van der Waals surface area (Å²) in [5.41, 5.74) is 1.53. The molecule has 7 rings (SSSR count). The van der Waals surface area contributed by atoms with Gasteiger partial charge < -0.3 is 74.7 Å². The molecule has 11 N–H and O–H groups in total. The number of benzene rings is 3. The third-order valence-electron chi connectivity index (χ3n) is 9.21. The molecule has 0 amide bonds. The molecular formula is C35H37O16+. The molecule has 4 heterocycles. The van der Waals surface area contributed by atoms with Gasteiger partial charge in [0, 0.05) is 17.7 Å². The lowest BCUT2D eigenvalue weighted by molar-refractivity contribution is -0.345. The van der Waals surface area contributed by atoms with E-state index in [4.69, 9.17) is 23.7 Å². The van der Waals surface area contributed by atoms with Crippen LogP contribution in [0.5, 0.6) is 34.5 Å². The number of hydrogen-bond donors (Lipinski definition) is 10. The monoisotopic (exact) mass is 713 g/mol. The van der Waals surface area contributed by atoms with Crippen LogP contribution in [0.2, 0.25) is 0 Å². The van der Waals surface area contributed by atoms with Crippen molar-refractivity contribution < 1.29 is 79.5 Å². The highest BCUT2D eigenvalue weighted by Gasteiger charge is 2.51. The lowest BCUT2D eigenvalue weighted by atomic mass is 9.91. The second-order valence-corrected chi connectivity index (χ2v) is 12.7. The molecule has 4 aliphatic heterocycles. The minimum atomic E-state index is -1.82. The maximum atomic E-state index is 11.1. The smallest absolute Gasteiger partial charge is 0.326 e. The van der Waals surface area contributed by atoms with Gasteiger partial charge >= 0.3 is 12.0 Å². The molecule has 2 saturated heterocycles. The third-order valence-corrected chi connectivity index (χ3v) is 9.21. The molecule has 16 heteroatoms. The van der Waals surface area contributed by atoms with Gasteiger partial charge in [-0.15, -0.1) is 0 Å². The Bertz CT molecular complexity index is 1840. The van der Waals surface area contributed by atoms with Gasteiger partial charge in [0.05, 0.1) is 23.8 Å². The summed E-state index contributed by atoms with van der Waals surface area (Å²) in [7, 11) is 0. The number of aromatic hydroxyl groups is 4. The van der Waals surface area contributed by atoms with E-state index < -0.39 is 85.6 Å². The quantitative estimate of drug-likeness (QED) is 0.114. The third kappa shape index (κ3) is 6.41. The number of aliphatic hydroxyl groups excluding tert-OH is 6. The molecule has 3 aromatic carbocycles. The molecule has 272 valence electrons. The largest absolute Gasteiger partial charge is 0.555 e. The van der Waals surface area contributed by atoms with Crippen molar-refractivity contribution in [2.45, 2.75) is 74.4 Å². The van der Waals surface area contributed by atoms with Crippen LogP contribution in [0.3, 0.4) is 0 Å². The van der Waals surface area contributed by atoms with Crippen LogP contribution in [0.1, 0.15) is 29.7 Å². The lowest BCUT2D eigenvalue weighted by Gasteiger charge is -2.41. The van der Waals surface area contributed by atoms with E-state index in [-0.39, 0.29) is 40.1 Å². The molecule has 1 unspecified atom stereocenters. The van der Waals surface area contributed by atoms with Crippen molar-refractivity contribution in [1.82, 2.24) is 0 Å². The highest BCUT2D eigenvalue weighted by atomic mass is 16.7. The van der Waals surface area contributed by atoms with Gasteiger partial charge in [-0.1, -0.05) is 12.1 Å². The first kappa shape index (κ1) is 34.8. The highest BCUT2D eigenvalue weighted by Crippen LogP contribution is 2.52. The first-order valence-electron chi connectivity index (χ1n) is 16.0. The second-order valence-electron chi connectivity index (χ2n) is 12.7. The molecule has 0 aliphatic carbocycles. The predicted octanol–water partition coefficient (Wildman–Crippen LogP) is -0.0330. The topological polar surface area (TPSA) is 261 Å². The van der Waals surface area contributed by atoms with Crippen LogP contribution in [0.15, 0.2) is 66.4 Å². The fourth-order valence-electron chi connectivity index (χ4n) is 6.36. The van der Waals surface area contributed by atoms with E-state index in [1.165, 1.54) is 49.4 Å². The molecule has 0 saturated carbocycles. The van der Waals surface area contributed by atoms with Gasteiger partial charge in [-0.25, -0.2) is 0 Å². The summed E-state index contributed by atoms with van der Waals surface area (Å²) in [5.74, 6) is -0.737. The first-order valence-corrected chi connectivity index (χ1v) is 16.0. The molecule has 0 spiro atoms. The molecule has 0 aromatic heterocycles. The van der Waals surface area contributed by atoms with Crippen molar-refractivity contribution >= 4 is 11.3 Å². The highest BCUT2D eigenvalue weighted by molar-refractivity contribution is 5.94. The summed E-state index contributed by atoms with van der Waals surface area (Å²) in [6.07, 6.45) is -14.4. The fraction of sp³-hybridized carbons (Fsp3) is 0.371. The first-order chi connectivity index (χ1) is 24.3. The van der Waals surface area contributed by atoms with Crippen molar-refractivity contribution in [3.8, 4) is 34.5 Å². The van der Waals surface area contributed by atoms with Crippen molar-refractivity contribution in [3.05, 3.63) is 83.1 Å². The number of hydrogen-bond acceptors (Lipinski definition) is 15. The van der Waals surface area contributed by atoms with Crippen LogP contribution in [0.4, 0.5) is 0 Å². The Morgan fingerprint density at radius 3 is 2.14 bits per heavy atom. The van der Waals surface area contributed by atoms with Crippen LogP contribution in [0.25, 0.3) is 11.3 Å². The number of phenolic OH excluding ortho intramolecular Hbond substituents is 4. The van der Waals surface area contributed by atoms with Crippen LogP contribution in [-0.2, 0) is 14.2 Å². The Balaban J connectivity index is 1.27. The molecule has 11 atom stereocenters. The second kappa shape index (κ2) is 13.5. The Morgan fingerprint density at radius 2 is 1.41 bits per heavy atom. The summed E-state index contributed by atoms with van der Waals surface area (Å²) in [6.45, 7) is 0.943. The Hall–Kier alpha value is -4.62. The summed E-state index contributed by atoms with van der Waals surface area (Å²) in [6, 6.07) is 12.8. The van der Waals surface area contributed by atoms with Crippen LogP contribution in [-0.4, -0.2) is 124 Å². The van der Waals surface area contributed by atoms with Gasteiger partial charge in [0.25, 0.3) is 0 Å². The zero-order valence-corrected chi connectivity index (χ0v) is 26.8. The Kier molecular flexibility index (Phi) is 9.21. The van der Waals surface area contributed by atoms with E-state index in [2.05, 4.69) is 4.74 Å². The van der Waals surface area contributed by atoms with Gasteiger partial charge in [0.1, 0.15) is 65.7 Å². The van der Waals surface area contributed by atoms with Crippen molar-refractivity contribution in [3.63, 3.8) is 0 Å². The van der Waals surface area contributed by atoms with E-state index in [0.717, 1.165) is 0 Å². The molecule has 0 bridgehead atoms. The van der Waals surface area contributed by atoms with Gasteiger partial charge in [-0.05, 0) is 48.9 Å². The van der Waals surface area contributed by atoms with Gasteiger partial charge in [0.15, 0.2) is 23.9 Å². The van der Waals surface area contributed by atoms with E-state index in [1.54, 1.807) is 18.2 Å². The number of aliphatic hydroxyl groups is 8. The minimum absolute atomic E-state index is 0.0172. The van der Waals surface area contributed by atoms with Gasteiger partial charge in [-0.3, -0.25) is 4.74 Å². The number of rotatable bonds is 7. The maximum Gasteiger partial charge on any atom is 0.326 e.